The maximum Gasteiger partial charge on any atom is 0.244 e. The Morgan fingerprint density at radius 1 is 1.16 bits per heavy atom. The molecule has 6 nitrogen and oxygen atoms in total. The maximum atomic E-state index is 12.6. The number of amides is 2. The van der Waals surface area contributed by atoms with Gasteiger partial charge in [-0.25, -0.2) is 4.98 Å². The highest BCUT2D eigenvalue weighted by atomic mass is 32.2. The van der Waals surface area contributed by atoms with E-state index in [1.165, 1.54) is 40.5 Å². The van der Waals surface area contributed by atoms with Gasteiger partial charge in [0.2, 0.25) is 11.8 Å². The molecule has 162 valence electrons. The molecule has 0 atom stereocenters. The van der Waals surface area contributed by atoms with Crippen LogP contribution in [0.25, 0.3) is 17.3 Å². The Morgan fingerprint density at radius 3 is 2.66 bits per heavy atom. The van der Waals surface area contributed by atoms with Crippen LogP contribution in [0.3, 0.4) is 0 Å². The van der Waals surface area contributed by atoms with Gasteiger partial charge < -0.3 is 5.32 Å². The highest BCUT2D eigenvalue weighted by molar-refractivity contribution is 8.04. The van der Waals surface area contributed by atoms with Crippen LogP contribution in [0.2, 0.25) is 0 Å². The Hall–Kier alpha value is -3.23. The number of nitrogens with one attached hydrogen (secondary N) is 1. The molecule has 0 spiro atoms. The van der Waals surface area contributed by atoms with Crippen molar-refractivity contribution in [3.8, 4) is 11.3 Å². The second-order valence-electron chi connectivity index (χ2n) is 7.34. The molecular weight excluding hydrogens is 442 g/mol. The zero-order chi connectivity index (χ0) is 22.7. The number of nitrogens with zero attached hydrogens (tertiary/aromatic N) is 2. The van der Waals surface area contributed by atoms with Crippen molar-refractivity contribution in [2.75, 3.05) is 17.6 Å². The van der Waals surface area contributed by atoms with Crippen LogP contribution in [0, 0.1) is 6.92 Å². The largest absolute Gasteiger partial charge is 0.324 e. The summed E-state index contributed by atoms with van der Waals surface area (Å²) >= 11 is 2.88. The van der Waals surface area contributed by atoms with E-state index in [-0.39, 0.29) is 29.9 Å². The third-order valence-corrected chi connectivity index (χ3v) is 6.73. The first kappa shape index (κ1) is 22.0. The van der Waals surface area contributed by atoms with Crippen LogP contribution in [0.4, 0.5) is 5.69 Å². The Balaban J connectivity index is 1.49. The molecule has 1 aliphatic rings. The predicted octanol–water partition coefficient (Wildman–Crippen LogP) is 4.83. The minimum atomic E-state index is -0.361. The summed E-state index contributed by atoms with van der Waals surface area (Å²) in [4.78, 5) is 43.0. The molecule has 0 aliphatic carbocycles. The average Bonchev–Trinajstić information content (AvgIpc) is 3.37. The van der Waals surface area contributed by atoms with Gasteiger partial charge in [0.25, 0.3) is 0 Å². The number of thiazole rings is 1. The molecule has 1 fully saturated rings. The van der Waals surface area contributed by atoms with E-state index in [1.807, 2.05) is 42.6 Å². The molecule has 1 aromatic heterocycles. The standard InChI is InChI=1S/C24H21N3O3S2/c1-15-7-9-17(10-8-15)20-13-31-22(26-20)11-24-27(23(30)14-32-24)12-21(29)25-19-6-4-3-5-18(19)16(2)28/h3-11,13H,12,14H2,1-2H3,(H,25,29)/b24-11-. The van der Waals surface area contributed by atoms with Crippen molar-refractivity contribution in [2.45, 2.75) is 13.8 Å². The van der Waals surface area contributed by atoms with E-state index in [0.717, 1.165) is 16.3 Å². The van der Waals surface area contributed by atoms with Crippen LogP contribution in [0.5, 0.6) is 0 Å². The number of thioether (sulfide) groups is 1. The fraction of sp³-hybridized carbons (Fsp3) is 0.167. The summed E-state index contributed by atoms with van der Waals surface area (Å²) in [7, 11) is 0. The first-order valence-corrected chi connectivity index (χ1v) is 11.8. The summed E-state index contributed by atoms with van der Waals surface area (Å²) < 4.78 is 0. The van der Waals surface area contributed by atoms with E-state index in [9.17, 15) is 14.4 Å². The summed E-state index contributed by atoms with van der Waals surface area (Å²) in [5.74, 6) is -0.353. The number of carbonyl (C=O) groups is 3. The van der Waals surface area contributed by atoms with Crippen molar-refractivity contribution >= 4 is 52.5 Å². The molecule has 0 unspecified atom stereocenters. The lowest BCUT2D eigenvalue weighted by molar-refractivity contribution is -0.129. The quantitative estimate of drug-likeness (QED) is 0.530. The first-order chi connectivity index (χ1) is 15.4. The van der Waals surface area contributed by atoms with Gasteiger partial charge >= 0.3 is 0 Å². The molecule has 8 heteroatoms. The second-order valence-corrected chi connectivity index (χ2v) is 9.22. The van der Waals surface area contributed by atoms with Crippen LogP contribution in [0.15, 0.2) is 58.9 Å². The normalized spacial score (nSPS) is 14.8. The Labute approximate surface area is 194 Å². The lowest BCUT2D eigenvalue weighted by atomic mass is 10.1. The molecule has 0 radical (unpaired) electrons. The molecule has 3 aromatic rings. The number of rotatable bonds is 6. The van der Waals surface area contributed by atoms with Crippen LogP contribution < -0.4 is 5.32 Å². The smallest absolute Gasteiger partial charge is 0.244 e. The van der Waals surface area contributed by atoms with Gasteiger partial charge in [0.15, 0.2) is 5.78 Å². The van der Waals surface area contributed by atoms with Crippen molar-refractivity contribution in [1.29, 1.82) is 0 Å². The molecule has 0 saturated carbocycles. The molecule has 4 rings (SSSR count). The average molecular weight is 464 g/mol. The topological polar surface area (TPSA) is 79.4 Å². The van der Waals surface area contributed by atoms with Gasteiger partial charge in [0.05, 0.1) is 22.2 Å². The van der Waals surface area contributed by atoms with Gasteiger partial charge in [0.1, 0.15) is 11.6 Å². The molecule has 1 N–H and O–H groups in total. The number of aromatic nitrogens is 1. The van der Waals surface area contributed by atoms with Gasteiger partial charge in [-0.15, -0.1) is 11.3 Å². The number of Topliss-reactive ketones (excluding diaryl/α,β-unsaturated/α-hetero) is 1. The molecule has 2 aromatic carbocycles. The molecule has 1 saturated heterocycles. The Bertz CT molecular complexity index is 1220. The lowest BCUT2D eigenvalue weighted by Gasteiger charge is -2.17. The molecule has 2 heterocycles. The van der Waals surface area contributed by atoms with Crippen molar-refractivity contribution in [3.63, 3.8) is 0 Å². The van der Waals surface area contributed by atoms with E-state index in [2.05, 4.69) is 10.3 Å². The van der Waals surface area contributed by atoms with Gasteiger partial charge in [-0.3, -0.25) is 19.3 Å². The number of aryl methyl sites for hydroxylation is 1. The van der Waals surface area contributed by atoms with E-state index >= 15 is 0 Å². The minimum Gasteiger partial charge on any atom is -0.324 e. The molecule has 2 amide bonds. The summed E-state index contributed by atoms with van der Waals surface area (Å²) in [6.45, 7) is 3.36. The molecular formula is C24H21N3O3S2. The monoisotopic (exact) mass is 463 g/mol. The fourth-order valence-electron chi connectivity index (χ4n) is 3.25. The van der Waals surface area contributed by atoms with Crippen LogP contribution in [0.1, 0.15) is 27.9 Å². The molecule has 0 bridgehead atoms. The highest BCUT2D eigenvalue weighted by Crippen LogP contribution is 2.32. The number of hydrogen-bond donors (Lipinski definition) is 1. The van der Waals surface area contributed by atoms with Crippen molar-refractivity contribution in [1.82, 2.24) is 9.88 Å². The van der Waals surface area contributed by atoms with Crippen molar-refractivity contribution in [3.05, 3.63) is 75.1 Å². The van der Waals surface area contributed by atoms with Crippen LogP contribution >= 0.6 is 23.1 Å². The predicted molar refractivity (Wildman–Crippen MR) is 130 cm³/mol. The van der Waals surface area contributed by atoms with Crippen molar-refractivity contribution < 1.29 is 14.4 Å². The lowest BCUT2D eigenvalue weighted by Crippen LogP contribution is -2.34. The van der Waals surface area contributed by atoms with Gasteiger partial charge in [0, 0.05) is 22.6 Å². The SMILES string of the molecule is CC(=O)c1ccccc1NC(=O)CN1C(=O)CS/C1=C\c1nc(-c2ccc(C)cc2)cs1. The van der Waals surface area contributed by atoms with Gasteiger partial charge in [-0.2, -0.15) is 0 Å². The maximum absolute atomic E-state index is 12.6. The number of ketones is 1. The fourth-order valence-corrected chi connectivity index (χ4v) is 5.02. The first-order valence-electron chi connectivity index (χ1n) is 9.98. The minimum absolute atomic E-state index is 0.125. The van der Waals surface area contributed by atoms with Crippen molar-refractivity contribution in [2.24, 2.45) is 0 Å². The Morgan fingerprint density at radius 2 is 1.91 bits per heavy atom. The van der Waals surface area contributed by atoms with E-state index in [4.69, 9.17) is 0 Å². The third-order valence-electron chi connectivity index (χ3n) is 4.91. The zero-order valence-corrected chi connectivity index (χ0v) is 19.3. The summed E-state index contributed by atoms with van der Waals surface area (Å²) in [6, 6.07) is 15.0. The highest BCUT2D eigenvalue weighted by Gasteiger charge is 2.29. The van der Waals surface area contributed by atoms with E-state index < -0.39 is 0 Å². The molecule has 32 heavy (non-hydrogen) atoms. The van der Waals surface area contributed by atoms with Gasteiger partial charge in [-0.1, -0.05) is 53.7 Å². The number of hydrogen-bond acceptors (Lipinski definition) is 6. The van der Waals surface area contributed by atoms with Gasteiger partial charge in [-0.05, 0) is 26.0 Å². The summed E-state index contributed by atoms with van der Waals surface area (Å²) in [5, 5.41) is 6.19. The number of carbonyl (C=O) groups excluding carboxylic acids is 3. The van der Waals surface area contributed by atoms with Crippen LogP contribution in [-0.2, 0) is 9.59 Å². The second kappa shape index (κ2) is 9.50. The number of anilines is 1. The van der Waals surface area contributed by atoms with E-state index in [0.29, 0.717) is 16.3 Å². The third kappa shape index (κ3) is 4.98. The number of para-hydroxylation sites is 1. The molecule has 1 aliphatic heterocycles. The number of benzene rings is 2. The van der Waals surface area contributed by atoms with E-state index in [1.54, 1.807) is 24.3 Å². The Kier molecular flexibility index (Phi) is 6.53. The summed E-state index contributed by atoms with van der Waals surface area (Å²) in [5.41, 5.74) is 3.98. The summed E-state index contributed by atoms with van der Waals surface area (Å²) in [6.07, 6.45) is 1.84. The van der Waals surface area contributed by atoms with Crippen LogP contribution in [-0.4, -0.2) is 39.8 Å². The zero-order valence-electron chi connectivity index (χ0n) is 17.6.